The lowest BCUT2D eigenvalue weighted by Crippen LogP contribution is -1.91. The zero-order valence-electron chi connectivity index (χ0n) is 29.5. The molecule has 0 aliphatic rings. The molecule has 0 fully saturated rings. The molecule has 0 atom stereocenters. The van der Waals surface area contributed by atoms with E-state index in [-0.39, 0.29) is 0 Å². The van der Waals surface area contributed by atoms with Gasteiger partial charge >= 0.3 is 0 Å². The second-order valence-electron chi connectivity index (χ2n) is 14.3. The summed E-state index contributed by atoms with van der Waals surface area (Å²) < 4.78 is 20.0. The smallest absolute Gasteiger partial charge is 0.147 e. The highest BCUT2D eigenvalue weighted by Crippen LogP contribution is 2.50. The first-order chi connectivity index (χ1) is 27.3. The van der Waals surface area contributed by atoms with Crippen LogP contribution in [0, 0.1) is 0 Å². The van der Waals surface area contributed by atoms with Crippen molar-refractivity contribution in [1.29, 1.82) is 0 Å². The Labute approximate surface area is 315 Å². The third-order valence-electron chi connectivity index (χ3n) is 11.3. The summed E-state index contributed by atoms with van der Waals surface area (Å²) in [6.45, 7) is 0. The van der Waals surface area contributed by atoms with Crippen molar-refractivity contribution in [3.8, 4) is 44.7 Å². The summed E-state index contributed by atoms with van der Waals surface area (Å²) >= 11 is 0. The molecular formula is C52H30O3. The Kier molecular flexibility index (Phi) is 6.34. The van der Waals surface area contributed by atoms with Crippen molar-refractivity contribution >= 4 is 76.4 Å². The van der Waals surface area contributed by atoms with Gasteiger partial charge in [0.1, 0.15) is 33.7 Å². The standard InChI is InChI=1S/C52H30O3/c1-3-14-31(15-4-1)47-50-44(54-51(47)32-16-5-2-6-17-32)29-28-41-49-40(23-13-25-43(49)55-52(41)50)48-38-21-9-7-19-36(38)46(37-20-8-10-22-39(37)48)33-26-27-35-34-18-11-12-24-42(34)53-45(35)30-33/h1-30H. The van der Waals surface area contributed by atoms with Crippen LogP contribution in [0.2, 0.25) is 0 Å². The van der Waals surface area contributed by atoms with E-state index in [1.54, 1.807) is 0 Å². The zero-order chi connectivity index (χ0) is 36.0. The van der Waals surface area contributed by atoms with Gasteiger partial charge < -0.3 is 13.3 Å². The Hall–Kier alpha value is -7.36. The molecule has 0 bridgehead atoms. The topological polar surface area (TPSA) is 39.4 Å². The summed E-state index contributed by atoms with van der Waals surface area (Å²) in [7, 11) is 0. The minimum Gasteiger partial charge on any atom is -0.456 e. The molecule has 256 valence electrons. The Bertz CT molecular complexity index is 3420. The van der Waals surface area contributed by atoms with E-state index in [2.05, 4.69) is 158 Å². The molecule has 3 heteroatoms. The third kappa shape index (κ3) is 4.38. The number of para-hydroxylation sites is 1. The van der Waals surface area contributed by atoms with Gasteiger partial charge in [-0.2, -0.15) is 0 Å². The maximum absolute atomic E-state index is 6.95. The molecule has 12 aromatic rings. The largest absolute Gasteiger partial charge is 0.456 e. The lowest BCUT2D eigenvalue weighted by atomic mass is 9.85. The van der Waals surface area contributed by atoms with Gasteiger partial charge in [0, 0.05) is 32.7 Å². The van der Waals surface area contributed by atoms with Gasteiger partial charge in [-0.25, -0.2) is 0 Å². The van der Waals surface area contributed by atoms with E-state index in [1.165, 1.54) is 32.7 Å². The molecule has 0 N–H and O–H groups in total. The SMILES string of the molecule is c1ccc(-c2oc3ccc4c(oc5cccc(-c6c7ccccc7c(-c7ccc8c(c7)oc7ccccc78)c7ccccc67)c54)c3c2-c2ccccc2)cc1. The van der Waals surface area contributed by atoms with Crippen LogP contribution in [-0.4, -0.2) is 0 Å². The van der Waals surface area contributed by atoms with Gasteiger partial charge in [0.2, 0.25) is 0 Å². The first-order valence-corrected chi connectivity index (χ1v) is 18.7. The van der Waals surface area contributed by atoms with Gasteiger partial charge in [-0.15, -0.1) is 0 Å². The number of rotatable bonds is 4. The van der Waals surface area contributed by atoms with E-state index >= 15 is 0 Å². The molecule has 3 nitrogen and oxygen atoms in total. The maximum Gasteiger partial charge on any atom is 0.147 e. The highest BCUT2D eigenvalue weighted by molar-refractivity contribution is 6.28. The summed E-state index contributed by atoms with van der Waals surface area (Å²) in [6, 6.07) is 64.1. The van der Waals surface area contributed by atoms with Crippen LogP contribution in [0.25, 0.3) is 121 Å². The molecule has 0 saturated carbocycles. The number of fused-ring (bicyclic) bond motifs is 10. The number of benzene rings is 9. The van der Waals surface area contributed by atoms with Crippen LogP contribution in [0.15, 0.2) is 195 Å². The lowest BCUT2D eigenvalue weighted by Gasteiger charge is -2.18. The van der Waals surface area contributed by atoms with E-state index in [0.29, 0.717) is 0 Å². The Balaban J connectivity index is 1.16. The molecule has 12 rings (SSSR count). The molecule has 0 radical (unpaired) electrons. The van der Waals surface area contributed by atoms with Gasteiger partial charge in [-0.05, 0) is 85.8 Å². The van der Waals surface area contributed by atoms with E-state index in [9.17, 15) is 0 Å². The maximum atomic E-state index is 6.95. The Morgan fingerprint density at radius 1 is 0.273 bits per heavy atom. The molecule has 3 heterocycles. The Morgan fingerprint density at radius 3 is 1.56 bits per heavy atom. The van der Waals surface area contributed by atoms with Crippen molar-refractivity contribution in [1.82, 2.24) is 0 Å². The zero-order valence-corrected chi connectivity index (χ0v) is 29.5. The van der Waals surface area contributed by atoms with Crippen LogP contribution in [0.1, 0.15) is 0 Å². The second kappa shape index (κ2) is 11.6. The van der Waals surface area contributed by atoms with Gasteiger partial charge in [-0.3, -0.25) is 0 Å². The van der Waals surface area contributed by atoms with E-state index in [0.717, 1.165) is 88.4 Å². The molecule has 9 aromatic carbocycles. The van der Waals surface area contributed by atoms with Gasteiger partial charge in [-0.1, -0.05) is 146 Å². The molecule has 3 aromatic heterocycles. The molecule has 0 aliphatic carbocycles. The van der Waals surface area contributed by atoms with Crippen molar-refractivity contribution in [3.63, 3.8) is 0 Å². The molecular weight excluding hydrogens is 673 g/mol. The second-order valence-corrected chi connectivity index (χ2v) is 14.3. The van der Waals surface area contributed by atoms with Crippen molar-refractivity contribution in [2.45, 2.75) is 0 Å². The van der Waals surface area contributed by atoms with Crippen LogP contribution in [0.5, 0.6) is 0 Å². The molecule has 0 amide bonds. The van der Waals surface area contributed by atoms with Crippen LogP contribution >= 0.6 is 0 Å². The minimum atomic E-state index is 0.799. The van der Waals surface area contributed by atoms with Gasteiger partial charge in [0.25, 0.3) is 0 Å². The van der Waals surface area contributed by atoms with Crippen molar-refractivity contribution < 1.29 is 13.3 Å². The molecule has 0 spiro atoms. The number of hydrogen-bond acceptors (Lipinski definition) is 3. The summed E-state index contributed by atoms with van der Waals surface area (Å²) in [6.07, 6.45) is 0. The average Bonchev–Trinajstić information content (AvgIpc) is 3.95. The van der Waals surface area contributed by atoms with Crippen LogP contribution in [0.4, 0.5) is 0 Å². The fourth-order valence-electron chi connectivity index (χ4n) is 8.96. The lowest BCUT2D eigenvalue weighted by molar-refractivity contribution is 0.631. The normalized spacial score (nSPS) is 12.0. The average molecular weight is 703 g/mol. The van der Waals surface area contributed by atoms with Crippen LogP contribution in [0.3, 0.4) is 0 Å². The predicted octanol–water partition coefficient (Wildman–Crippen LogP) is 15.2. The Morgan fingerprint density at radius 2 is 0.836 bits per heavy atom. The number of hydrogen-bond donors (Lipinski definition) is 0. The monoisotopic (exact) mass is 702 g/mol. The van der Waals surface area contributed by atoms with Crippen molar-refractivity contribution in [2.75, 3.05) is 0 Å². The third-order valence-corrected chi connectivity index (χ3v) is 11.3. The highest BCUT2D eigenvalue weighted by Gasteiger charge is 2.25. The minimum absolute atomic E-state index is 0.799. The molecule has 0 unspecified atom stereocenters. The van der Waals surface area contributed by atoms with Crippen molar-refractivity contribution in [3.05, 3.63) is 182 Å². The quantitative estimate of drug-likeness (QED) is 0.171. The fraction of sp³-hybridized carbons (Fsp3) is 0. The van der Waals surface area contributed by atoms with Gasteiger partial charge in [0.05, 0.1) is 5.39 Å². The summed E-state index contributed by atoms with van der Waals surface area (Å²) in [5.41, 5.74) is 12.1. The first-order valence-electron chi connectivity index (χ1n) is 18.7. The van der Waals surface area contributed by atoms with Crippen LogP contribution in [-0.2, 0) is 0 Å². The van der Waals surface area contributed by atoms with E-state index in [1.807, 2.05) is 24.3 Å². The summed E-state index contributed by atoms with van der Waals surface area (Å²) in [4.78, 5) is 0. The molecule has 0 aliphatic heterocycles. The van der Waals surface area contributed by atoms with E-state index in [4.69, 9.17) is 13.3 Å². The number of furan rings is 3. The molecule has 0 saturated heterocycles. The predicted molar refractivity (Wildman–Crippen MR) is 228 cm³/mol. The fourth-order valence-corrected chi connectivity index (χ4v) is 8.96. The van der Waals surface area contributed by atoms with Crippen molar-refractivity contribution in [2.24, 2.45) is 0 Å². The molecule has 55 heavy (non-hydrogen) atoms. The van der Waals surface area contributed by atoms with Crippen LogP contribution < -0.4 is 0 Å². The first kappa shape index (κ1) is 30.1. The van der Waals surface area contributed by atoms with E-state index < -0.39 is 0 Å². The summed E-state index contributed by atoms with van der Waals surface area (Å²) in [5.74, 6) is 0.836. The highest BCUT2D eigenvalue weighted by atomic mass is 16.3. The summed E-state index contributed by atoms with van der Waals surface area (Å²) in [5, 5.41) is 10.1. The van der Waals surface area contributed by atoms with Gasteiger partial charge in [0.15, 0.2) is 0 Å².